The van der Waals surface area contributed by atoms with Crippen LogP contribution < -0.4 is 15.7 Å². The molecule has 7 nitrogen and oxygen atoms in total. The Hall–Kier alpha value is -2.20. The molecule has 1 aliphatic rings. The van der Waals surface area contributed by atoms with E-state index in [1.165, 1.54) is 15.4 Å². The first-order chi connectivity index (χ1) is 17.4. The summed E-state index contributed by atoms with van der Waals surface area (Å²) in [7, 11) is -2.71. The van der Waals surface area contributed by atoms with Crippen molar-refractivity contribution >= 4 is 46.6 Å². The number of ether oxygens (including phenoxy) is 1. The van der Waals surface area contributed by atoms with Crippen LogP contribution in [0.1, 0.15) is 41.5 Å². The monoisotopic (exact) mass is 590 g/mol. The largest absolute Gasteiger partial charge is 0.444 e. The molecule has 0 unspecified atom stereocenters. The maximum absolute atomic E-state index is 12.9. The SMILES string of the molecule is CC(C)(C)OC(=O)NCC(=O)N1OC[C@H](CO[Si](c2ccccc2)(c2ccccc2)C(C)(C)C)[C@@H]1CBr. The summed E-state index contributed by atoms with van der Waals surface area (Å²) in [6.45, 7) is 12.6. The molecule has 0 saturated carbocycles. The molecule has 2 atom stereocenters. The Morgan fingerprint density at radius 3 is 2.00 bits per heavy atom. The van der Waals surface area contributed by atoms with E-state index in [4.69, 9.17) is 14.0 Å². The van der Waals surface area contributed by atoms with Crippen molar-refractivity contribution < 1.29 is 23.6 Å². The number of carbonyl (C=O) groups is 2. The van der Waals surface area contributed by atoms with Gasteiger partial charge >= 0.3 is 6.09 Å². The van der Waals surface area contributed by atoms with E-state index in [2.05, 4.69) is 90.5 Å². The minimum atomic E-state index is -2.71. The van der Waals surface area contributed by atoms with Crippen molar-refractivity contribution in [2.75, 3.05) is 25.1 Å². The second-order valence-corrected chi connectivity index (χ2v) is 16.3. The maximum Gasteiger partial charge on any atom is 0.408 e. The predicted octanol–water partition coefficient (Wildman–Crippen LogP) is 4.24. The summed E-state index contributed by atoms with van der Waals surface area (Å²) in [5.74, 6) is -0.366. The molecule has 0 spiro atoms. The summed E-state index contributed by atoms with van der Waals surface area (Å²) < 4.78 is 12.3. The van der Waals surface area contributed by atoms with Gasteiger partial charge in [-0.2, -0.15) is 0 Å². The van der Waals surface area contributed by atoms with Gasteiger partial charge in [0.1, 0.15) is 12.1 Å². The number of halogens is 1. The fraction of sp³-hybridized carbons (Fsp3) is 0.500. The van der Waals surface area contributed by atoms with Crippen molar-refractivity contribution in [2.45, 2.75) is 58.2 Å². The van der Waals surface area contributed by atoms with E-state index in [-0.39, 0.29) is 29.4 Å². The van der Waals surface area contributed by atoms with Gasteiger partial charge in [0.05, 0.1) is 12.6 Å². The molecule has 202 valence electrons. The van der Waals surface area contributed by atoms with Crippen LogP contribution in [-0.4, -0.2) is 62.1 Å². The van der Waals surface area contributed by atoms with Crippen molar-refractivity contribution in [3.8, 4) is 0 Å². The highest BCUT2D eigenvalue weighted by Crippen LogP contribution is 2.37. The second-order valence-electron chi connectivity index (χ2n) is 11.3. The predicted molar refractivity (Wildman–Crippen MR) is 152 cm³/mol. The highest BCUT2D eigenvalue weighted by Gasteiger charge is 2.51. The number of alkyl halides is 1. The average molecular weight is 592 g/mol. The van der Waals surface area contributed by atoms with Crippen molar-refractivity contribution in [3.63, 3.8) is 0 Å². The van der Waals surface area contributed by atoms with Crippen LogP contribution in [0.3, 0.4) is 0 Å². The Kier molecular flexibility index (Phi) is 9.61. The molecule has 0 bridgehead atoms. The van der Waals surface area contributed by atoms with Crippen molar-refractivity contribution in [3.05, 3.63) is 60.7 Å². The van der Waals surface area contributed by atoms with Crippen LogP contribution >= 0.6 is 15.9 Å². The number of hydrogen-bond donors (Lipinski definition) is 1. The fourth-order valence-corrected chi connectivity index (χ4v) is 10.1. The lowest BCUT2D eigenvalue weighted by molar-refractivity contribution is -0.173. The molecule has 1 heterocycles. The zero-order valence-electron chi connectivity index (χ0n) is 22.6. The molecule has 3 rings (SSSR count). The molecule has 2 aromatic carbocycles. The minimum absolute atomic E-state index is 0.0356. The van der Waals surface area contributed by atoms with Crippen molar-refractivity contribution in [2.24, 2.45) is 5.92 Å². The number of rotatable bonds is 8. The molecule has 9 heteroatoms. The van der Waals surface area contributed by atoms with E-state index in [1.54, 1.807) is 20.8 Å². The Morgan fingerprint density at radius 2 is 1.54 bits per heavy atom. The lowest BCUT2D eigenvalue weighted by atomic mass is 10.1. The third kappa shape index (κ3) is 7.01. The van der Waals surface area contributed by atoms with E-state index in [0.717, 1.165) is 0 Å². The van der Waals surface area contributed by atoms with Crippen LogP contribution in [0.5, 0.6) is 0 Å². The number of benzene rings is 2. The van der Waals surface area contributed by atoms with Gasteiger partial charge in [-0.1, -0.05) is 97.4 Å². The molecule has 1 aliphatic heterocycles. The lowest BCUT2D eigenvalue weighted by Crippen LogP contribution is -2.67. The summed E-state index contributed by atoms with van der Waals surface area (Å²) in [6, 6.07) is 20.7. The number of hydroxylamine groups is 2. The number of amides is 2. The maximum atomic E-state index is 12.9. The third-order valence-electron chi connectivity index (χ3n) is 6.39. The lowest BCUT2D eigenvalue weighted by Gasteiger charge is -2.43. The van der Waals surface area contributed by atoms with Gasteiger partial charge in [-0.25, -0.2) is 9.86 Å². The molecule has 0 radical (unpaired) electrons. The minimum Gasteiger partial charge on any atom is -0.444 e. The summed E-state index contributed by atoms with van der Waals surface area (Å²) in [6.07, 6.45) is -0.637. The highest BCUT2D eigenvalue weighted by molar-refractivity contribution is 9.09. The van der Waals surface area contributed by atoms with Gasteiger partial charge in [0, 0.05) is 17.9 Å². The summed E-state index contributed by atoms with van der Waals surface area (Å²) in [4.78, 5) is 30.7. The molecule has 1 saturated heterocycles. The van der Waals surface area contributed by atoms with Crippen LogP contribution in [0.25, 0.3) is 0 Å². The topological polar surface area (TPSA) is 77.1 Å². The Labute approximate surface area is 230 Å². The Balaban J connectivity index is 1.78. The molecule has 37 heavy (non-hydrogen) atoms. The van der Waals surface area contributed by atoms with Crippen LogP contribution in [0.2, 0.25) is 5.04 Å². The number of alkyl carbamates (subject to hydrolysis) is 1. The van der Waals surface area contributed by atoms with Crippen molar-refractivity contribution in [1.82, 2.24) is 10.4 Å². The first-order valence-corrected chi connectivity index (χ1v) is 15.6. The molecule has 0 aliphatic carbocycles. The summed E-state index contributed by atoms with van der Waals surface area (Å²) in [5.41, 5.74) is -0.640. The third-order valence-corrected chi connectivity index (χ3v) is 12.1. The summed E-state index contributed by atoms with van der Waals surface area (Å²) in [5, 5.41) is 6.68. The molecular formula is C28H39BrN2O5Si. The van der Waals surface area contributed by atoms with Gasteiger partial charge in [0.15, 0.2) is 0 Å². The standard InChI is InChI=1S/C28H39BrN2O5Si/c1-27(2,3)36-26(33)30-18-25(32)31-24(17-29)21(19-34-31)20-35-37(28(4,5)6,22-13-9-7-10-14-22)23-15-11-8-12-16-23/h7-16,21,24H,17-20H2,1-6H3,(H,30,33)/t21-,24+/m1/s1. The van der Waals surface area contributed by atoms with E-state index in [9.17, 15) is 9.59 Å². The normalized spacial score (nSPS) is 18.5. The van der Waals surface area contributed by atoms with Crippen LogP contribution in [0, 0.1) is 5.92 Å². The van der Waals surface area contributed by atoms with Crippen LogP contribution in [0.15, 0.2) is 60.7 Å². The van der Waals surface area contributed by atoms with Gasteiger partial charge in [0.2, 0.25) is 0 Å². The Morgan fingerprint density at radius 1 is 1.00 bits per heavy atom. The van der Waals surface area contributed by atoms with Gasteiger partial charge in [-0.3, -0.25) is 9.63 Å². The van der Waals surface area contributed by atoms with Gasteiger partial charge < -0.3 is 14.5 Å². The molecule has 2 amide bonds. The first-order valence-electron chi connectivity index (χ1n) is 12.6. The smallest absolute Gasteiger partial charge is 0.408 e. The molecule has 1 fully saturated rings. The second kappa shape index (κ2) is 12.1. The van der Waals surface area contributed by atoms with E-state index in [1.807, 2.05) is 12.1 Å². The van der Waals surface area contributed by atoms with Gasteiger partial charge in [-0.05, 0) is 36.2 Å². The van der Waals surface area contributed by atoms with Gasteiger partial charge in [-0.15, -0.1) is 0 Å². The molecular weight excluding hydrogens is 552 g/mol. The fourth-order valence-electron chi connectivity index (χ4n) is 4.71. The average Bonchev–Trinajstić information content (AvgIpc) is 3.25. The number of nitrogens with one attached hydrogen (secondary N) is 1. The van der Waals surface area contributed by atoms with E-state index >= 15 is 0 Å². The summed E-state index contributed by atoms with van der Waals surface area (Å²) >= 11 is 3.56. The van der Waals surface area contributed by atoms with E-state index < -0.39 is 20.0 Å². The highest BCUT2D eigenvalue weighted by atomic mass is 79.9. The number of hydrogen-bond acceptors (Lipinski definition) is 5. The number of nitrogens with zero attached hydrogens (tertiary/aromatic N) is 1. The van der Waals surface area contributed by atoms with Crippen LogP contribution in [0.4, 0.5) is 4.79 Å². The van der Waals surface area contributed by atoms with Crippen molar-refractivity contribution in [1.29, 1.82) is 0 Å². The molecule has 1 N–H and O–H groups in total. The molecule has 0 aromatic heterocycles. The quantitative estimate of drug-likeness (QED) is 0.367. The Bertz CT molecular complexity index is 1000. The van der Waals surface area contributed by atoms with Gasteiger partial charge in [0.25, 0.3) is 14.2 Å². The zero-order valence-corrected chi connectivity index (χ0v) is 25.2. The zero-order chi connectivity index (χ0) is 27.3. The first kappa shape index (κ1) is 29.4. The van der Waals surface area contributed by atoms with Crippen LogP contribution in [-0.2, 0) is 18.8 Å². The molecule has 2 aromatic rings. The van der Waals surface area contributed by atoms with E-state index in [0.29, 0.717) is 18.5 Å². The number of carbonyl (C=O) groups excluding carboxylic acids is 2.